The van der Waals surface area contributed by atoms with Gasteiger partial charge in [-0.25, -0.2) is 4.98 Å². The van der Waals surface area contributed by atoms with Gasteiger partial charge in [0.25, 0.3) is 5.91 Å². The molecule has 94 valence electrons. The average Bonchev–Trinajstić information content (AvgIpc) is 2.78. The van der Waals surface area contributed by atoms with E-state index in [2.05, 4.69) is 10.3 Å². The highest BCUT2D eigenvalue weighted by Crippen LogP contribution is 2.23. The van der Waals surface area contributed by atoms with Gasteiger partial charge in [-0.15, -0.1) is 11.3 Å². The first-order valence-corrected chi connectivity index (χ1v) is 7.05. The van der Waals surface area contributed by atoms with E-state index in [-0.39, 0.29) is 24.5 Å². The highest BCUT2D eigenvalue weighted by Gasteiger charge is 2.25. The van der Waals surface area contributed by atoms with Gasteiger partial charge < -0.3 is 10.4 Å². The van der Waals surface area contributed by atoms with E-state index in [1.165, 1.54) is 17.8 Å². The number of amides is 1. The number of hydrogen-bond acceptors (Lipinski definition) is 4. The van der Waals surface area contributed by atoms with Crippen molar-refractivity contribution in [1.82, 2.24) is 10.3 Å². The maximum atomic E-state index is 11.9. The molecule has 1 saturated carbocycles. The lowest BCUT2D eigenvalue weighted by atomic mass is 9.95. The summed E-state index contributed by atoms with van der Waals surface area (Å²) in [4.78, 5) is 15.9. The molecular weight excluding hydrogens is 236 g/mol. The second-order valence-electron chi connectivity index (χ2n) is 4.53. The van der Waals surface area contributed by atoms with Crippen LogP contribution in [-0.2, 0) is 0 Å². The zero-order valence-electron chi connectivity index (χ0n) is 9.76. The Morgan fingerprint density at radius 2 is 2.29 bits per heavy atom. The highest BCUT2D eigenvalue weighted by molar-refractivity contribution is 7.07. The van der Waals surface area contributed by atoms with Crippen LogP contribution < -0.4 is 5.32 Å². The first-order chi connectivity index (χ1) is 8.31. The molecule has 1 aliphatic rings. The topological polar surface area (TPSA) is 62.2 Å². The van der Waals surface area contributed by atoms with Crippen molar-refractivity contribution in [3.8, 4) is 0 Å². The van der Waals surface area contributed by atoms with E-state index in [1.54, 1.807) is 10.9 Å². The number of carbonyl (C=O) groups excluding carboxylic acids is 1. The Bertz CT molecular complexity index is 353. The lowest BCUT2D eigenvalue weighted by Crippen LogP contribution is -2.41. The highest BCUT2D eigenvalue weighted by atomic mass is 32.1. The molecule has 5 heteroatoms. The summed E-state index contributed by atoms with van der Waals surface area (Å²) in [5, 5.41) is 14.1. The first-order valence-electron chi connectivity index (χ1n) is 6.11. The third-order valence-corrected chi connectivity index (χ3v) is 3.96. The quantitative estimate of drug-likeness (QED) is 0.809. The van der Waals surface area contributed by atoms with Crippen LogP contribution in [-0.4, -0.2) is 28.6 Å². The van der Waals surface area contributed by atoms with E-state index in [0.717, 1.165) is 25.7 Å². The number of nitrogens with zero attached hydrogens (tertiary/aromatic N) is 1. The lowest BCUT2D eigenvalue weighted by molar-refractivity contribution is 0.0895. The van der Waals surface area contributed by atoms with Crippen LogP contribution in [0.2, 0.25) is 0 Å². The second kappa shape index (κ2) is 6.12. The molecule has 2 unspecified atom stereocenters. The normalized spacial score (nSPS) is 25.2. The molecule has 1 aliphatic carbocycles. The van der Waals surface area contributed by atoms with Gasteiger partial charge in [-0.3, -0.25) is 4.79 Å². The summed E-state index contributed by atoms with van der Waals surface area (Å²) < 4.78 is 0. The van der Waals surface area contributed by atoms with Gasteiger partial charge in [0.2, 0.25) is 0 Å². The largest absolute Gasteiger partial charge is 0.396 e. The molecule has 0 saturated heterocycles. The van der Waals surface area contributed by atoms with Crippen molar-refractivity contribution in [2.24, 2.45) is 5.92 Å². The van der Waals surface area contributed by atoms with Crippen molar-refractivity contribution in [2.45, 2.75) is 38.1 Å². The number of carbonyl (C=O) groups is 1. The number of aliphatic hydroxyl groups excluding tert-OH is 1. The minimum Gasteiger partial charge on any atom is -0.396 e. The summed E-state index contributed by atoms with van der Waals surface area (Å²) in [5.41, 5.74) is 2.14. The number of aromatic nitrogens is 1. The van der Waals surface area contributed by atoms with E-state index < -0.39 is 0 Å². The molecule has 0 bridgehead atoms. The fourth-order valence-corrected chi connectivity index (χ4v) is 2.89. The predicted octanol–water partition coefficient (Wildman–Crippen LogP) is 1.81. The van der Waals surface area contributed by atoms with Crippen LogP contribution >= 0.6 is 11.3 Å². The SMILES string of the molecule is O=C(NC1CCCCCC1CO)c1cscn1. The molecule has 0 aliphatic heterocycles. The minimum absolute atomic E-state index is 0.0942. The zero-order chi connectivity index (χ0) is 12.1. The summed E-state index contributed by atoms with van der Waals surface area (Å²) in [5.74, 6) is 0.0803. The van der Waals surface area contributed by atoms with Crippen LogP contribution in [0.3, 0.4) is 0 Å². The maximum Gasteiger partial charge on any atom is 0.270 e. The van der Waals surface area contributed by atoms with Crippen molar-refractivity contribution in [3.05, 3.63) is 16.6 Å². The van der Waals surface area contributed by atoms with Crippen molar-refractivity contribution in [2.75, 3.05) is 6.61 Å². The molecule has 0 spiro atoms. The second-order valence-corrected chi connectivity index (χ2v) is 5.25. The molecule has 1 aromatic heterocycles. The monoisotopic (exact) mass is 254 g/mol. The van der Waals surface area contributed by atoms with Crippen LogP contribution in [0.15, 0.2) is 10.9 Å². The molecule has 4 nitrogen and oxygen atoms in total. The van der Waals surface area contributed by atoms with Gasteiger partial charge >= 0.3 is 0 Å². The predicted molar refractivity (Wildman–Crippen MR) is 67.0 cm³/mol. The molecule has 0 radical (unpaired) electrons. The lowest BCUT2D eigenvalue weighted by Gasteiger charge is -2.24. The smallest absolute Gasteiger partial charge is 0.270 e. The molecule has 1 fully saturated rings. The van der Waals surface area contributed by atoms with Gasteiger partial charge in [-0.2, -0.15) is 0 Å². The number of rotatable bonds is 3. The molecule has 0 aromatic carbocycles. The van der Waals surface area contributed by atoms with E-state index in [4.69, 9.17) is 0 Å². The van der Waals surface area contributed by atoms with Crippen molar-refractivity contribution < 1.29 is 9.90 Å². The number of hydrogen-bond donors (Lipinski definition) is 2. The van der Waals surface area contributed by atoms with Crippen LogP contribution in [0.1, 0.15) is 42.6 Å². The Hall–Kier alpha value is -0.940. The molecule has 1 heterocycles. The van der Waals surface area contributed by atoms with Gasteiger partial charge in [0.15, 0.2) is 0 Å². The fraction of sp³-hybridized carbons (Fsp3) is 0.667. The van der Waals surface area contributed by atoms with Crippen molar-refractivity contribution in [1.29, 1.82) is 0 Å². The Balaban J connectivity index is 1.97. The summed E-state index contributed by atoms with van der Waals surface area (Å²) in [7, 11) is 0. The molecular formula is C12H18N2O2S. The van der Waals surface area contributed by atoms with Crippen LogP contribution in [0.4, 0.5) is 0 Å². The number of nitrogens with one attached hydrogen (secondary N) is 1. The minimum atomic E-state index is -0.114. The Labute approximate surface area is 105 Å². The Morgan fingerprint density at radius 1 is 1.47 bits per heavy atom. The molecule has 2 rings (SSSR count). The van der Waals surface area contributed by atoms with Crippen LogP contribution in [0, 0.1) is 5.92 Å². The summed E-state index contributed by atoms with van der Waals surface area (Å²) in [6.07, 6.45) is 5.42. The van der Waals surface area contributed by atoms with Gasteiger partial charge in [-0.05, 0) is 12.8 Å². The number of thiazole rings is 1. The maximum absolute atomic E-state index is 11.9. The standard InChI is InChI=1S/C12H18N2O2S/c15-6-9-4-2-1-3-5-10(9)14-12(16)11-7-17-8-13-11/h7-10,15H,1-6H2,(H,14,16). The third kappa shape index (κ3) is 3.26. The van der Waals surface area contributed by atoms with Crippen LogP contribution in [0.5, 0.6) is 0 Å². The molecule has 2 N–H and O–H groups in total. The van der Waals surface area contributed by atoms with Gasteiger partial charge in [0.1, 0.15) is 5.69 Å². The summed E-state index contributed by atoms with van der Waals surface area (Å²) in [6, 6.07) is 0.0942. The van der Waals surface area contributed by atoms with E-state index >= 15 is 0 Å². The zero-order valence-corrected chi connectivity index (χ0v) is 10.6. The third-order valence-electron chi connectivity index (χ3n) is 3.38. The van der Waals surface area contributed by atoms with E-state index in [0.29, 0.717) is 5.69 Å². The van der Waals surface area contributed by atoms with Gasteiger partial charge in [-0.1, -0.05) is 19.3 Å². The number of aliphatic hydroxyl groups is 1. The van der Waals surface area contributed by atoms with Crippen molar-refractivity contribution in [3.63, 3.8) is 0 Å². The average molecular weight is 254 g/mol. The van der Waals surface area contributed by atoms with E-state index in [1.807, 2.05) is 0 Å². The fourth-order valence-electron chi connectivity index (χ4n) is 2.36. The first kappa shape index (κ1) is 12.5. The summed E-state index contributed by atoms with van der Waals surface area (Å²) in [6.45, 7) is 0.155. The summed E-state index contributed by atoms with van der Waals surface area (Å²) >= 11 is 1.42. The Morgan fingerprint density at radius 3 is 3.00 bits per heavy atom. The molecule has 2 atom stereocenters. The molecule has 17 heavy (non-hydrogen) atoms. The molecule has 1 aromatic rings. The van der Waals surface area contributed by atoms with E-state index in [9.17, 15) is 9.90 Å². The van der Waals surface area contributed by atoms with Gasteiger partial charge in [0, 0.05) is 23.9 Å². The van der Waals surface area contributed by atoms with Crippen LogP contribution in [0.25, 0.3) is 0 Å². The molecule has 1 amide bonds. The van der Waals surface area contributed by atoms with Gasteiger partial charge in [0.05, 0.1) is 5.51 Å². The Kier molecular flexibility index (Phi) is 4.50. The van der Waals surface area contributed by atoms with Crippen molar-refractivity contribution >= 4 is 17.2 Å².